The molecule has 0 bridgehead atoms. The molecule has 0 spiro atoms. The van der Waals surface area contributed by atoms with Crippen LogP contribution in [0, 0.1) is 5.41 Å². The van der Waals surface area contributed by atoms with Gasteiger partial charge in [-0.2, -0.15) is 0 Å². The molecule has 1 saturated heterocycles. The summed E-state index contributed by atoms with van der Waals surface area (Å²) < 4.78 is 0. The van der Waals surface area contributed by atoms with Crippen molar-refractivity contribution >= 4 is 17.4 Å². The summed E-state index contributed by atoms with van der Waals surface area (Å²) in [5.74, 6) is -0.0466. The van der Waals surface area contributed by atoms with Crippen LogP contribution < -0.4 is 16.0 Å². The van der Waals surface area contributed by atoms with Gasteiger partial charge in [0.15, 0.2) is 0 Å². The van der Waals surface area contributed by atoms with Crippen LogP contribution in [0.3, 0.4) is 0 Å². The zero-order valence-electron chi connectivity index (χ0n) is 19.3. The third-order valence-electron chi connectivity index (χ3n) is 7.13. The van der Waals surface area contributed by atoms with Crippen molar-refractivity contribution in [2.75, 3.05) is 18.0 Å². The molecule has 2 aliphatic rings. The first-order chi connectivity index (χ1) is 16.4. The van der Waals surface area contributed by atoms with Gasteiger partial charge >= 0.3 is 0 Å². The average Bonchev–Trinajstić information content (AvgIpc) is 3.40. The Labute approximate surface area is 199 Å². The Morgan fingerprint density at radius 1 is 0.971 bits per heavy atom. The number of nitrogens with two attached hydrogens (primary N) is 1. The van der Waals surface area contributed by atoms with Crippen LogP contribution in [-0.2, 0) is 6.54 Å². The van der Waals surface area contributed by atoms with Crippen molar-refractivity contribution in [3.63, 3.8) is 0 Å². The second-order valence-electron chi connectivity index (χ2n) is 9.27. The summed E-state index contributed by atoms with van der Waals surface area (Å²) in [7, 11) is 0. The molecule has 1 aliphatic heterocycles. The minimum absolute atomic E-state index is 0.0232. The predicted octanol–water partition coefficient (Wildman–Crippen LogP) is 4.05. The Bertz CT molecular complexity index is 1250. The lowest BCUT2D eigenvalue weighted by Gasteiger charge is -2.31. The third-order valence-corrected chi connectivity index (χ3v) is 7.13. The van der Waals surface area contributed by atoms with E-state index in [9.17, 15) is 9.90 Å². The van der Waals surface area contributed by atoms with Crippen LogP contribution in [0.25, 0.3) is 0 Å². The molecule has 1 amide bonds. The molecular weight excluding hydrogens is 424 g/mol. The summed E-state index contributed by atoms with van der Waals surface area (Å²) in [5, 5.41) is 21.5. The molecule has 174 valence electrons. The summed E-state index contributed by atoms with van der Waals surface area (Å²) in [5.41, 5.74) is 12.8. The number of fused-ring (bicyclic) bond motifs is 2. The van der Waals surface area contributed by atoms with Crippen molar-refractivity contribution in [3.8, 4) is 0 Å². The van der Waals surface area contributed by atoms with Crippen LogP contribution in [0.1, 0.15) is 75.5 Å². The highest BCUT2D eigenvalue weighted by Crippen LogP contribution is 2.43. The van der Waals surface area contributed by atoms with Gasteiger partial charge in [-0.25, -0.2) is 0 Å². The number of benzene rings is 3. The number of nitrogen functional groups attached to an aromatic ring is 1. The molecule has 6 heteroatoms. The maximum absolute atomic E-state index is 12.9. The Morgan fingerprint density at radius 2 is 1.59 bits per heavy atom. The largest absolute Gasteiger partial charge is 0.384 e. The monoisotopic (exact) mass is 454 g/mol. The highest BCUT2D eigenvalue weighted by Gasteiger charge is 2.30. The van der Waals surface area contributed by atoms with E-state index in [0.717, 1.165) is 40.9 Å². The molecule has 0 saturated carbocycles. The molecule has 1 fully saturated rings. The lowest BCUT2D eigenvalue weighted by Crippen LogP contribution is -2.24. The fourth-order valence-electron chi connectivity index (χ4n) is 5.12. The van der Waals surface area contributed by atoms with E-state index in [1.165, 1.54) is 18.5 Å². The molecule has 2 atom stereocenters. The SMILES string of the molecule is C[C@H]1c2cc(C(=O)NCc3ccc(C(=N)N)cc3)ccc2[C@@H](O)c2ccc(N3CCCC3)cc21. The minimum atomic E-state index is -0.689. The molecule has 0 unspecified atom stereocenters. The average molecular weight is 455 g/mol. The van der Waals surface area contributed by atoms with E-state index in [4.69, 9.17) is 11.1 Å². The summed E-state index contributed by atoms with van der Waals surface area (Å²) >= 11 is 0. The Morgan fingerprint density at radius 3 is 2.26 bits per heavy atom. The van der Waals surface area contributed by atoms with Crippen LogP contribution in [-0.4, -0.2) is 29.9 Å². The van der Waals surface area contributed by atoms with Gasteiger partial charge in [0.1, 0.15) is 11.9 Å². The smallest absolute Gasteiger partial charge is 0.251 e. The molecule has 0 aromatic heterocycles. The van der Waals surface area contributed by atoms with Gasteiger partial charge in [-0.15, -0.1) is 0 Å². The molecule has 1 heterocycles. The number of carbonyl (C=O) groups excluding carboxylic acids is 1. The normalized spacial score (nSPS) is 18.8. The van der Waals surface area contributed by atoms with Gasteiger partial charge in [-0.1, -0.05) is 43.3 Å². The summed E-state index contributed by atoms with van der Waals surface area (Å²) in [6.45, 7) is 4.69. The van der Waals surface area contributed by atoms with E-state index in [0.29, 0.717) is 17.7 Å². The number of hydrogen-bond donors (Lipinski definition) is 4. The number of rotatable bonds is 5. The Kier molecular flexibility index (Phi) is 5.84. The van der Waals surface area contributed by atoms with E-state index < -0.39 is 6.10 Å². The first kappa shape index (κ1) is 22.2. The van der Waals surface area contributed by atoms with Gasteiger partial charge in [-0.05, 0) is 64.9 Å². The van der Waals surface area contributed by atoms with Gasteiger partial charge in [0.2, 0.25) is 0 Å². The zero-order chi connectivity index (χ0) is 23.8. The lowest BCUT2D eigenvalue weighted by atomic mass is 9.76. The molecular formula is C28H30N4O2. The lowest BCUT2D eigenvalue weighted by molar-refractivity contribution is 0.0950. The quantitative estimate of drug-likeness (QED) is 0.345. The third kappa shape index (κ3) is 4.05. The fourth-order valence-corrected chi connectivity index (χ4v) is 5.12. The molecule has 5 rings (SSSR count). The molecule has 3 aromatic carbocycles. The molecule has 1 aliphatic carbocycles. The highest BCUT2D eigenvalue weighted by atomic mass is 16.3. The van der Waals surface area contributed by atoms with Crippen molar-refractivity contribution in [2.45, 2.75) is 38.3 Å². The van der Waals surface area contributed by atoms with Crippen LogP contribution in [0.5, 0.6) is 0 Å². The van der Waals surface area contributed by atoms with Crippen LogP contribution >= 0.6 is 0 Å². The molecule has 3 aromatic rings. The standard InChI is InChI=1S/C28H30N4O2/c1-17-24-14-20(28(34)31-16-18-4-6-19(7-5-18)27(29)30)8-10-22(24)26(33)23-11-9-21(15-25(17)23)32-12-2-3-13-32/h4-11,14-15,17,26,33H,2-3,12-13,16H2,1H3,(H3,29,30)(H,31,34)/t17-,26+/m0/s1. The number of aliphatic hydroxyl groups excluding tert-OH is 1. The number of nitrogens with one attached hydrogen (secondary N) is 2. The first-order valence-corrected chi connectivity index (χ1v) is 11.8. The maximum atomic E-state index is 12.9. The molecule has 0 radical (unpaired) electrons. The molecule has 34 heavy (non-hydrogen) atoms. The van der Waals surface area contributed by atoms with Gasteiger partial charge in [0.05, 0.1) is 0 Å². The van der Waals surface area contributed by atoms with E-state index in [1.807, 2.05) is 24.3 Å². The molecule has 6 nitrogen and oxygen atoms in total. The van der Waals surface area contributed by atoms with Crippen molar-refractivity contribution in [1.29, 1.82) is 5.41 Å². The summed E-state index contributed by atoms with van der Waals surface area (Å²) in [4.78, 5) is 15.3. The van der Waals surface area contributed by atoms with E-state index >= 15 is 0 Å². The van der Waals surface area contributed by atoms with Crippen LogP contribution in [0.15, 0.2) is 60.7 Å². The van der Waals surface area contributed by atoms with Crippen LogP contribution in [0.4, 0.5) is 5.69 Å². The van der Waals surface area contributed by atoms with Crippen LogP contribution in [0.2, 0.25) is 0 Å². The summed E-state index contributed by atoms with van der Waals surface area (Å²) in [6, 6.07) is 19.3. The number of amidine groups is 1. The second-order valence-corrected chi connectivity index (χ2v) is 9.27. The van der Waals surface area contributed by atoms with Gasteiger partial charge in [0.25, 0.3) is 5.91 Å². The number of anilines is 1. The van der Waals surface area contributed by atoms with E-state index in [2.05, 4.69) is 35.3 Å². The van der Waals surface area contributed by atoms with Gasteiger partial charge in [0, 0.05) is 42.4 Å². The van der Waals surface area contributed by atoms with Crippen molar-refractivity contribution < 1.29 is 9.90 Å². The maximum Gasteiger partial charge on any atom is 0.251 e. The second kappa shape index (κ2) is 8.95. The minimum Gasteiger partial charge on any atom is -0.384 e. The predicted molar refractivity (Wildman–Crippen MR) is 135 cm³/mol. The van der Waals surface area contributed by atoms with Gasteiger partial charge in [-0.3, -0.25) is 10.2 Å². The van der Waals surface area contributed by atoms with Crippen molar-refractivity contribution in [1.82, 2.24) is 5.32 Å². The van der Waals surface area contributed by atoms with E-state index in [1.54, 1.807) is 18.2 Å². The number of amides is 1. The van der Waals surface area contributed by atoms with Crippen molar-refractivity contribution in [2.24, 2.45) is 5.73 Å². The number of carbonyl (C=O) groups is 1. The van der Waals surface area contributed by atoms with E-state index in [-0.39, 0.29) is 17.7 Å². The number of aliphatic hydroxyl groups is 1. The first-order valence-electron chi connectivity index (χ1n) is 11.8. The topological polar surface area (TPSA) is 102 Å². The van der Waals surface area contributed by atoms with Crippen molar-refractivity contribution in [3.05, 3.63) is 99.6 Å². The Balaban J connectivity index is 1.36. The highest BCUT2D eigenvalue weighted by molar-refractivity contribution is 5.95. The molecule has 5 N–H and O–H groups in total. The fraction of sp³-hybridized carbons (Fsp3) is 0.286. The number of hydrogen-bond acceptors (Lipinski definition) is 4. The number of nitrogens with zero attached hydrogens (tertiary/aromatic N) is 1. The van der Waals surface area contributed by atoms with Gasteiger partial charge < -0.3 is 21.1 Å². The Hall–Kier alpha value is -3.64. The summed E-state index contributed by atoms with van der Waals surface area (Å²) in [6.07, 6.45) is 1.75. The zero-order valence-corrected chi connectivity index (χ0v) is 19.3.